The van der Waals surface area contributed by atoms with Crippen LogP contribution < -0.4 is 11.3 Å². The number of hydrogen-bond donors (Lipinski definition) is 2. The van der Waals surface area contributed by atoms with E-state index in [1.807, 2.05) is 11.3 Å². The Morgan fingerprint density at radius 3 is 2.94 bits per heavy atom. The largest absolute Gasteiger partial charge is 0.385 e. The van der Waals surface area contributed by atoms with Crippen molar-refractivity contribution in [1.82, 2.24) is 5.43 Å². The van der Waals surface area contributed by atoms with Crippen LogP contribution in [0.25, 0.3) is 9.40 Å². The minimum Gasteiger partial charge on any atom is -0.385 e. The number of nitrogens with one attached hydrogen (secondary N) is 1. The number of ether oxygens (including phenoxy) is 1. The zero-order valence-electron chi connectivity index (χ0n) is 10.1. The van der Waals surface area contributed by atoms with Gasteiger partial charge in [0.2, 0.25) is 0 Å². The van der Waals surface area contributed by atoms with Crippen molar-refractivity contribution in [2.75, 3.05) is 13.7 Å². The van der Waals surface area contributed by atoms with E-state index in [-0.39, 0.29) is 6.04 Å². The lowest BCUT2D eigenvalue weighted by Crippen LogP contribution is -2.32. The van der Waals surface area contributed by atoms with Gasteiger partial charge in [0.05, 0.1) is 6.04 Å². The van der Waals surface area contributed by atoms with Crippen LogP contribution in [0.5, 0.6) is 0 Å². The summed E-state index contributed by atoms with van der Waals surface area (Å²) in [5.74, 6) is 6.15. The number of hydrazine groups is 1. The lowest BCUT2D eigenvalue weighted by molar-refractivity contribution is 0.170. The maximum Gasteiger partial charge on any atom is 0.0580 e. The monoisotopic (exact) mass is 270 g/mol. The van der Waals surface area contributed by atoms with Gasteiger partial charge in [-0.3, -0.25) is 11.3 Å². The molecule has 0 spiro atoms. The van der Waals surface area contributed by atoms with E-state index < -0.39 is 0 Å². The fourth-order valence-corrected chi connectivity index (χ4v) is 4.25. The average molecular weight is 270 g/mol. The molecule has 0 amide bonds. The Bertz CT molecular complexity index is 437. The predicted molar refractivity (Wildman–Crippen MR) is 75.4 cm³/mol. The van der Waals surface area contributed by atoms with Crippen LogP contribution in [0.2, 0.25) is 0 Å². The second-order valence-electron chi connectivity index (χ2n) is 4.20. The van der Waals surface area contributed by atoms with Crippen LogP contribution in [0.4, 0.5) is 0 Å². The quantitative estimate of drug-likeness (QED) is 0.626. The van der Waals surface area contributed by atoms with Crippen LogP contribution in [-0.4, -0.2) is 13.7 Å². The first-order valence-corrected chi connectivity index (χ1v) is 7.38. The smallest absolute Gasteiger partial charge is 0.0580 e. The van der Waals surface area contributed by atoms with Crippen molar-refractivity contribution in [3.05, 3.63) is 22.4 Å². The van der Waals surface area contributed by atoms with Crippen molar-refractivity contribution in [3.63, 3.8) is 0 Å². The molecule has 94 valence electrons. The number of nitrogens with two attached hydrogens (primary N) is 1. The molecule has 0 bridgehead atoms. The van der Waals surface area contributed by atoms with Gasteiger partial charge in [0, 0.05) is 28.0 Å². The van der Waals surface area contributed by atoms with Crippen molar-refractivity contribution in [1.29, 1.82) is 0 Å². The molecule has 0 aromatic carbocycles. The van der Waals surface area contributed by atoms with Crippen molar-refractivity contribution in [2.24, 2.45) is 11.8 Å². The minimum absolute atomic E-state index is 0.217. The third-order valence-corrected chi connectivity index (χ3v) is 5.17. The van der Waals surface area contributed by atoms with Crippen LogP contribution in [-0.2, 0) is 4.74 Å². The molecular formula is C12H18N2OS2. The fourth-order valence-electron chi connectivity index (χ4n) is 1.93. The van der Waals surface area contributed by atoms with Gasteiger partial charge in [0.1, 0.15) is 0 Å². The van der Waals surface area contributed by atoms with E-state index in [1.165, 1.54) is 14.3 Å². The van der Waals surface area contributed by atoms with Crippen molar-refractivity contribution < 1.29 is 4.74 Å². The Hall–Kier alpha value is -0.460. The van der Waals surface area contributed by atoms with Gasteiger partial charge in [0.15, 0.2) is 0 Å². The first kappa shape index (κ1) is 13.0. The van der Waals surface area contributed by atoms with Gasteiger partial charge in [-0.1, -0.05) is 6.92 Å². The van der Waals surface area contributed by atoms with Crippen LogP contribution in [0, 0.1) is 5.92 Å². The summed E-state index contributed by atoms with van der Waals surface area (Å²) in [6.07, 6.45) is 1.01. The van der Waals surface area contributed by atoms with E-state index >= 15 is 0 Å². The van der Waals surface area contributed by atoms with Gasteiger partial charge in [-0.15, -0.1) is 22.7 Å². The molecule has 0 aliphatic heterocycles. The number of fused-ring (bicyclic) bond motifs is 1. The van der Waals surface area contributed by atoms with E-state index in [4.69, 9.17) is 10.6 Å². The molecule has 2 aromatic heterocycles. The van der Waals surface area contributed by atoms with E-state index in [9.17, 15) is 0 Å². The van der Waals surface area contributed by atoms with E-state index in [1.54, 1.807) is 18.4 Å². The predicted octanol–water partition coefficient (Wildman–Crippen LogP) is 3.14. The zero-order valence-corrected chi connectivity index (χ0v) is 11.7. The van der Waals surface area contributed by atoms with E-state index in [0.717, 1.165) is 13.0 Å². The molecule has 5 heteroatoms. The Balaban J connectivity index is 2.14. The fraction of sp³-hybridized carbons (Fsp3) is 0.500. The zero-order chi connectivity index (χ0) is 12.3. The van der Waals surface area contributed by atoms with Gasteiger partial charge in [-0.25, -0.2) is 0 Å². The molecule has 0 radical (unpaired) electrons. The summed E-state index contributed by atoms with van der Waals surface area (Å²) >= 11 is 3.61. The second-order valence-corrected chi connectivity index (χ2v) is 6.26. The van der Waals surface area contributed by atoms with Crippen LogP contribution in [0.1, 0.15) is 24.3 Å². The molecule has 17 heavy (non-hydrogen) atoms. The lowest BCUT2D eigenvalue weighted by Gasteiger charge is -2.21. The SMILES string of the molecule is COCCC(C)C(NN)c1cc2sccc2s1. The van der Waals surface area contributed by atoms with Crippen LogP contribution in [0.15, 0.2) is 17.5 Å². The van der Waals surface area contributed by atoms with Crippen molar-refractivity contribution in [3.8, 4) is 0 Å². The molecule has 0 fully saturated rings. The Kier molecular flexibility index (Phi) is 4.53. The molecule has 3 nitrogen and oxygen atoms in total. The average Bonchev–Trinajstić information content (AvgIpc) is 2.88. The summed E-state index contributed by atoms with van der Waals surface area (Å²) in [5, 5.41) is 2.13. The summed E-state index contributed by atoms with van der Waals surface area (Å²) in [6, 6.07) is 4.63. The molecule has 0 saturated carbocycles. The molecule has 0 aliphatic rings. The van der Waals surface area contributed by atoms with Crippen LogP contribution >= 0.6 is 22.7 Å². The second kappa shape index (κ2) is 5.93. The summed E-state index contributed by atoms with van der Waals surface area (Å²) in [6.45, 7) is 2.98. The van der Waals surface area contributed by atoms with Crippen molar-refractivity contribution in [2.45, 2.75) is 19.4 Å². The molecule has 0 aliphatic carbocycles. The molecule has 2 unspecified atom stereocenters. The summed E-state index contributed by atoms with van der Waals surface area (Å²) in [4.78, 5) is 1.32. The maximum atomic E-state index is 5.69. The van der Waals surface area contributed by atoms with Gasteiger partial charge >= 0.3 is 0 Å². The minimum atomic E-state index is 0.217. The molecule has 2 heterocycles. The number of hydrogen-bond acceptors (Lipinski definition) is 5. The molecule has 0 saturated heterocycles. The topological polar surface area (TPSA) is 47.3 Å². The third kappa shape index (κ3) is 2.86. The number of methoxy groups -OCH3 is 1. The number of rotatable bonds is 6. The molecule has 2 rings (SSSR count). The first-order valence-electron chi connectivity index (χ1n) is 5.68. The molecule has 2 aromatic rings. The highest BCUT2D eigenvalue weighted by molar-refractivity contribution is 7.26. The first-order chi connectivity index (χ1) is 8.26. The third-order valence-electron chi connectivity index (χ3n) is 2.99. The van der Waals surface area contributed by atoms with E-state index in [2.05, 4.69) is 29.9 Å². The molecule has 3 N–H and O–H groups in total. The van der Waals surface area contributed by atoms with Gasteiger partial charge < -0.3 is 4.74 Å². The van der Waals surface area contributed by atoms with Crippen LogP contribution in [0.3, 0.4) is 0 Å². The van der Waals surface area contributed by atoms with E-state index in [0.29, 0.717) is 5.92 Å². The summed E-state index contributed by atoms with van der Waals surface area (Å²) in [7, 11) is 1.73. The summed E-state index contributed by atoms with van der Waals surface area (Å²) < 4.78 is 7.83. The normalized spacial score (nSPS) is 15.2. The maximum absolute atomic E-state index is 5.69. The van der Waals surface area contributed by atoms with Gasteiger partial charge in [-0.05, 0) is 29.9 Å². The highest BCUT2D eigenvalue weighted by Gasteiger charge is 2.20. The Labute approximate surface area is 110 Å². The number of thiophene rings is 2. The highest BCUT2D eigenvalue weighted by atomic mass is 32.1. The molecule has 2 atom stereocenters. The Morgan fingerprint density at radius 2 is 2.29 bits per heavy atom. The molecular weight excluding hydrogens is 252 g/mol. The van der Waals surface area contributed by atoms with Gasteiger partial charge in [0.25, 0.3) is 0 Å². The van der Waals surface area contributed by atoms with Crippen molar-refractivity contribution >= 4 is 32.1 Å². The highest BCUT2D eigenvalue weighted by Crippen LogP contribution is 2.36. The standard InChI is InChI=1S/C12H18N2OS2/c1-8(3-5-15-2)12(14-13)11-7-10-9(17-11)4-6-16-10/h4,6-8,12,14H,3,5,13H2,1-2H3. The summed E-state index contributed by atoms with van der Waals surface area (Å²) in [5.41, 5.74) is 2.94. The Morgan fingerprint density at radius 1 is 1.47 bits per heavy atom. The van der Waals surface area contributed by atoms with Gasteiger partial charge in [-0.2, -0.15) is 0 Å². The lowest BCUT2D eigenvalue weighted by atomic mass is 9.98.